The minimum atomic E-state index is 0.0936. The molecule has 78 valence electrons. The smallest absolute Gasteiger partial charge is 0.0942 e. The summed E-state index contributed by atoms with van der Waals surface area (Å²) in [5.74, 6) is 0. The Morgan fingerprint density at radius 1 is 1.29 bits per heavy atom. The molecule has 3 heteroatoms. The van der Waals surface area contributed by atoms with Gasteiger partial charge in [-0.15, -0.1) is 0 Å². The summed E-state index contributed by atoms with van der Waals surface area (Å²) in [6.07, 6.45) is 0.962. The van der Waals surface area contributed by atoms with E-state index in [4.69, 9.17) is 9.78 Å². The Bertz CT molecular complexity index is 258. The van der Waals surface area contributed by atoms with Crippen molar-refractivity contribution >= 4 is 15.9 Å². The Morgan fingerprint density at radius 2 is 1.93 bits per heavy atom. The average Bonchev–Trinajstić information content (AvgIpc) is 2.18. The van der Waals surface area contributed by atoms with Gasteiger partial charge in [-0.05, 0) is 31.5 Å². The van der Waals surface area contributed by atoms with E-state index in [1.54, 1.807) is 0 Å². The van der Waals surface area contributed by atoms with Gasteiger partial charge in [-0.1, -0.05) is 28.1 Å². The zero-order valence-corrected chi connectivity index (χ0v) is 10.1. The molecule has 0 saturated carbocycles. The van der Waals surface area contributed by atoms with Gasteiger partial charge in [0.25, 0.3) is 0 Å². The van der Waals surface area contributed by atoms with Crippen LogP contribution in [0.5, 0.6) is 0 Å². The fraction of sp³-hybridized carbons (Fsp3) is 0.455. The molecule has 14 heavy (non-hydrogen) atoms. The van der Waals surface area contributed by atoms with E-state index in [2.05, 4.69) is 28.1 Å². The van der Waals surface area contributed by atoms with Crippen LogP contribution in [-0.4, -0.2) is 12.7 Å². The summed E-state index contributed by atoms with van der Waals surface area (Å²) < 4.78 is 1.10. The SMILES string of the molecule is CCOOC(C)Cc1ccc(Br)cc1. The Kier molecular flexibility index (Phi) is 5.15. The monoisotopic (exact) mass is 258 g/mol. The van der Waals surface area contributed by atoms with Crippen LogP contribution in [-0.2, 0) is 16.2 Å². The maximum Gasteiger partial charge on any atom is 0.0942 e. The van der Waals surface area contributed by atoms with Crippen LogP contribution < -0.4 is 0 Å². The molecule has 1 aromatic rings. The molecule has 0 saturated heterocycles. The minimum absolute atomic E-state index is 0.0936. The lowest BCUT2D eigenvalue weighted by Crippen LogP contribution is -2.11. The van der Waals surface area contributed by atoms with E-state index >= 15 is 0 Å². The van der Waals surface area contributed by atoms with Crippen molar-refractivity contribution in [3.63, 3.8) is 0 Å². The van der Waals surface area contributed by atoms with E-state index in [0.717, 1.165) is 10.9 Å². The van der Waals surface area contributed by atoms with Crippen LogP contribution in [0.4, 0.5) is 0 Å². The molecule has 0 radical (unpaired) electrons. The van der Waals surface area contributed by atoms with Crippen molar-refractivity contribution in [3.05, 3.63) is 34.3 Å². The number of hydrogen-bond donors (Lipinski definition) is 0. The summed E-state index contributed by atoms with van der Waals surface area (Å²) in [5.41, 5.74) is 1.25. The molecule has 1 aromatic carbocycles. The fourth-order valence-corrected chi connectivity index (χ4v) is 1.43. The molecule has 0 bridgehead atoms. The van der Waals surface area contributed by atoms with Gasteiger partial charge in [-0.25, -0.2) is 9.78 Å². The zero-order valence-electron chi connectivity index (χ0n) is 8.50. The highest BCUT2D eigenvalue weighted by atomic mass is 79.9. The molecular formula is C11H15BrO2. The van der Waals surface area contributed by atoms with E-state index in [-0.39, 0.29) is 6.10 Å². The second-order valence-corrected chi connectivity index (χ2v) is 4.06. The predicted octanol–water partition coefficient (Wildman–Crippen LogP) is 3.35. The number of hydrogen-bond acceptors (Lipinski definition) is 2. The first kappa shape index (κ1) is 11.7. The van der Waals surface area contributed by atoms with Crippen molar-refractivity contribution in [3.8, 4) is 0 Å². The fourth-order valence-electron chi connectivity index (χ4n) is 1.17. The van der Waals surface area contributed by atoms with Crippen molar-refractivity contribution in [1.29, 1.82) is 0 Å². The van der Waals surface area contributed by atoms with Crippen molar-refractivity contribution in [2.45, 2.75) is 26.4 Å². The molecule has 1 rings (SSSR count). The number of benzene rings is 1. The summed E-state index contributed by atoms with van der Waals surface area (Å²) >= 11 is 3.40. The van der Waals surface area contributed by atoms with Gasteiger partial charge >= 0.3 is 0 Å². The highest BCUT2D eigenvalue weighted by Gasteiger charge is 2.04. The lowest BCUT2D eigenvalue weighted by molar-refractivity contribution is -0.317. The molecule has 0 fully saturated rings. The highest BCUT2D eigenvalue weighted by Crippen LogP contribution is 2.12. The summed E-state index contributed by atoms with van der Waals surface area (Å²) in [6.45, 7) is 4.49. The van der Waals surface area contributed by atoms with Crippen LogP contribution in [0.1, 0.15) is 19.4 Å². The normalized spacial score (nSPS) is 12.8. The van der Waals surface area contributed by atoms with Crippen LogP contribution in [0.25, 0.3) is 0 Å². The largest absolute Gasteiger partial charge is 0.237 e. The molecule has 0 aromatic heterocycles. The molecule has 0 aliphatic heterocycles. The van der Waals surface area contributed by atoms with Crippen LogP contribution in [0, 0.1) is 0 Å². The standard InChI is InChI=1S/C11H15BrO2/c1-3-13-14-9(2)8-10-4-6-11(12)7-5-10/h4-7,9H,3,8H2,1-2H3. The van der Waals surface area contributed by atoms with E-state index < -0.39 is 0 Å². The van der Waals surface area contributed by atoms with Gasteiger partial charge in [0.05, 0.1) is 12.7 Å². The topological polar surface area (TPSA) is 18.5 Å². The Hall–Kier alpha value is -0.380. The van der Waals surface area contributed by atoms with Crippen LogP contribution in [0.3, 0.4) is 0 Å². The van der Waals surface area contributed by atoms with Crippen molar-refractivity contribution in [2.75, 3.05) is 6.61 Å². The van der Waals surface area contributed by atoms with Crippen LogP contribution in [0.2, 0.25) is 0 Å². The van der Waals surface area contributed by atoms with E-state index in [9.17, 15) is 0 Å². The maximum atomic E-state index is 5.11. The van der Waals surface area contributed by atoms with E-state index in [1.807, 2.05) is 26.0 Å². The summed E-state index contributed by atoms with van der Waals surface area (Å²) in [5, 5.41) is 0. The third-order valence-electron chi connectivity index (χ3n) is 1.79. The molecule has 1 atom stereocenters. The van der Waals surface area contributed by atoms with Crippen molar-refractivity contribution in [2.24, 2.45) is 0 Å². The average molecular weight is 259 g/mol. The summed E-state index contributed by atoms with van der Waals surface area (Å²) in [4.78, 5) is 10.00. The molecule has 1 unspecified atom stereocenters. The molecular weight excluding hydrogens is 244 g/mol. The molecule has 0 aliphatic rings. The van der Waals surface area contributed by atoms with Gasteiger partial charge in [-0.2, -0.15) is 0 Å². The Labute approximate surface area is 93.3 Å². The van der Waals surface area contributed by atoms with E-state index in [1.165, 1.54) is 5.56 Å². The zero-order chi connectivity index (χ0) is 10.4. The first-order valence-electron chi connectivity index (χ1n) is 4.75. The minimum Gasteiger partial charge on any atom is -0.237 e. The summed E-state index contributed by atoms with van der Waals surface area (Å²) in [7, 11) is 0. The number of halogens is 1. The molecule has 2 nitrogen and oxygen atoms in total. The van der Waals surface area contributed by atoms with Crippen molar-refractivity contribution in [1.82, 2.24) is 0 Å². The van der Waals surface area contributed by atoms with Gasteiger partial charge in [0, 0.05) is 10.9 Å². The second kappa shape index (κ2) is 6.17. The third kappa shape index (κ3) is 4.22. The van der Waals surface area contributed by atoms with Crippen LogP contribution >= 0.6 is 15.9 Å². The van der Waals surface area contributed by atoms with Gasteiger partial charge in [0.15, 0.2) is 0 Å². The Morgan fingerprint density at radius 3 is 2.50 bits per heavy atom. The van der Waals surface area contributed by atoms with Gasteiger partial charge < -0.3 is 0 Å². The lowest BCUT2D eigenvalue weighted by Gasteiger charge is -2.10. The van der Waals surface area contributed by atoms with Crippen LogP contribution in [0.15, 0.2) is 28.7 Å². The molecule has 0 N–H and O–H groups in total. The third-order valence-corrected chi connectivity index (χ3v) is 2.32. The predicted molar refractivity (Wildman–Crippen MR) is 60.0 cm³/mol. The second-order valence-electron chi connectivity index (χ2n) is 3.14. The Balaban J connectivity index is 2.39. The molecule has 0 heterocycles. The summed E-state index contributed by atoms with van der Waals surface area (Å²) in [6, 6.07) is 8.22. The highest BCUT2D eigenvalue weighted by molar-refractivity contribution is 9.10. The lowest BCUT2D eigenvalue weighted by atomic mass is 10.1. The van der Waals surface area contributed by atoms with Crippen molar-refractivity contribution < 1.29 is 9.78 Å². The first-order valence-corrected chi connectivity index (χ1v) is 5.54. The number of rotatable bonds is 5. The molecule has 0 spiro atoms. The quantitative estimate of drug-likeness (QED) is 0.596. The molecule has 0 amide bonds. The van der Waals surface area contributed by atoms with E-state index in [0.29, 0.717) is 6.61 Å². The van der Waals surface area contributed by atoms with Gasteiger partial charge in [0.1, 0.15) is 0 Å². The first-order chi connectivity index (χ1) is 6.72. The van der Waals surface area contributed by atoms with Gasteiger partial charge in [0.2, 0.25) is 0 Å². The molecule has 0 aliphatic carbocycles. The van der Waals surface area contributed by atoms with Gasteiger partial charge in [-0.3, -0.25) is 0 Å². The maximum absolute atomic E-state index is 5.11.